The zero-order valence-electron chi connectivity index (χ0n) is 21.8. The molecule has 0 atom stereocenters. The quantitative estimate of drug-likeness (QED) is 0.191. The van der Waals surface area contributed by atoms with Crippen LogP contribution in [0.4, 0.5) is 5.95 Å². The van der Waals surface area contributed by atoms with E-state index in [-0.39, 0.29) is 0 Å². The fourth-order valence-electron chi connectivity index (χ4n) is 4.75. The van der Waals surface area contributed by atoms with Crippen molar-refractivity contribution >= 4 is 12.0 Å². The molecule has 0 bridgehead atoms. The Bertz CT molecular complexity index is 1460. The number of nitrogens with one attached hydrogen (secondary N) is 1. The van der Waals surface area contributed by atoms with Crippen LogP contribution in [0.1, 0.15) is 43.1 Å². The van der Waals surface area contributed by atoms with E-state index in [1.54, 1.807) is 0 Å². The second kappa shape index (κ2) is 12.2. The molecule has 0 saturated heterocycles. The van der Waals surface area contributed by atoms with Gasteiger partial charge in [0.2, 0.25) is 0 Å². The maximum Gasteiger partial charge on any atom is 0.198 e. The fourth-order valence-corrected chi connectivity index (χ4v) is 4.75. The highest BCUT2D eigenvalue weighted by Crippen LogP contribution is 2.27. The van der Waals surface area contributed by atoms with Crippen LogP contribution >= 0.6 is 0 Å². The predicted octanol–water partition coefficient (Wildman–Crippen LogP) is 6.98. The first-order valence-electron chi connectivity index (χ1n) is 13.3. The van der Waals surface area contributed by atoms with Gasteiger partial charge in [-0.2, -0.15) is 0 Å². The molecule has 192 valence electrons. The summed E-state index contributed by atoms with van der Waals surface area (Å²) < 4.78 is 1.92. The monoisotopic (exact) mass is 502 g/mol. The van der Waals surface area contributed by atoms with Crippen LogP contribution in [0.25, 0.3) is 28.5 Å². The number of nitrogens with two attached hydrogens (primary N) is 1. The van der Waals surface area contributed by atoms with E-state index in [0.29, 0.717) is 5.95 Å². The Morgan fingerprint density at radius 3 is 2.24 bits per heavy atom. The van der Waals surface area contributed by atoms with E-state index in [0.717, 1.165) is 61.3 Å². The molecule has 0 amide bonds. The Labute approximate surface area is 224 Å². The molecule has 0 radical (unpaired) electrons. The first-order valence-corrected chi connectivity index (χ1v) is 13.3. The maximum atomic E-state index is 6.04. The number of unbranched alkanes of at least 4 members (excludes halogenated alkanes) is 2. The van der Waals surface area contributed by atoms with Gasteiger partial charge in [0.25, 0.3) is 0 Å². The minimum absolute atomic E-state index is 0.468. The number of nitrogens with zero attached hydrogens (tertiary/aromatic N) is 4. The highest BCUT2D eigenvalue weighted by atomic mass is 15.4. The first-order chi connectivity index (χ1) is 18.6. The molecule has 0 saturated carbocycles. The van der Waals surface area contributed by atoms with Crippen molar-refractivity contribution in [3.63, 3.8) is 0 Å². The maximum absolute atomic E-state index is 6.04. The van der Waals surface area contributed by atoms with E-state index >= 15 is 0 Å². The van der Waals surface area contributed by atoms with Crippen LogP contribution in [0, 0.1) is 0 Å². The van der Waals surface area contributed by atoms with Crippen molar-refractivity contribution in [3.05, 3.63) is 114 Å². The van der Waals surface area contributed by atoms with Gasteiger partial charge in [0, 0.05) is 17.5 Å². The van der Waals surface area contributed by atoms with Crippen LogP contribution in [0.3, 0.4) is 0 Å². The third-order valence-corrected chi connectivity index (χ3v) is 6.63. The molecular weight excluding hydrogens is 468 g/mol. The largest absolute Gasteiger partial charge is 0.369 e. The summed E-state index contributed by atoms with van der Waals surface area (Å²) in [6.45, 7) is 2.88. The average molecular weight is 503 g/mol. The average Bonchev–Trinajstić information content (AvgIpc) is 3.55. The second-order valence-corrected chi connectivity index (χ2v) is 9.76. The van der Waals surface area contributed by atoms with Crippen molar-refractivity contribution in [1.82, 2.24) is 25.0 Å². The molecule has 0 fully saturated rings. The molecule has 3 N–H and O–H groups in total. The number of aryl methyl sites for hydroxylation is 2. The Hall–Kier alpha value is -4.45. The Balaban J connectivity index is 1.10. The summed E-state index contributed by atoms with van der Waals surface area (Å²) in [6, 6.07) is 29.3. The Kier molecular flexibility index (Phi) is 8.09. The molecule has 0 aliphatic carbocycles. The summed E-state index contributed by atoms with van der Waals surface area (Å²) >= 11 is 0. The number of hydrogen-bond acceptors (Lipinski definition) is 4. The number of hydrogen-bond donors (Lipinski definition) is 2. The third kappa shape index (κ3) is 6.65. The van der Waals surface area contributed by atoms with Gasteiger partial charge in [-0.25, -0.2) is 9.67 Å². The highest BCUT2D eigenvalue weighted by molar-refractivity contribution is 5.70. The number of imidazole rings is 1. The smallest absolute Gasteiger partial charge is 0.198 e. The van der Waals surface area contributed by atoms with Gasteiger partial charge in [0.15, 0.2) is 5.95 Å². The topological polar surface area (TPSA) is 85.4 Å². The number of aromatic amines is 1. The van der Waals surface area contributed by atoms with E-state index in [1.165, 1.54) is 22.3 Å². The highest BCUT2D eigenvalue weighted by Gasteiger charge is 2.11. The molecule has 0 aliphatic heterocycles. The van der Waals surface area contributed by atoms with Gasteiger partial charge in [-0.15, -0.1) is 5.10 Å². The predicted molar refractivity (Wildman–Crippen MR) is 155 cm³/mol. The third-order valence-electron chi connectivity index (χ3n) is 6.63. The molecule has 2 heterocycles. The van der Waals surface area contributed by atoms with Crippen LogP contribution in [-0.4, -0.2) is 25.0 Å². The number of nitrogen functional groups attached to an aromatic ring is 1. The molecule has 5 rings (SSSR count). The number of anilines is 1. The molecule has 6 nitrogen and oxygen atoms in total. The Morgan fingerprint density at radius 2 is 1.47 bits per heavy atom. The number of aromatic nitrogens is 5. The zero-order valence-corrected chi connectivity index (χ0v) is 21.8. The van der Waals surface area contributed by atoms with Gasteiger partial charge < -0.3 is 10.7 Å². The van der Waals surface area contributed by atoms with E-state index in [1.807, 2.05) is 16.8 Å². The SMILES string of the molecule is C/C(=C/c1ccccc1)Cn1cc(CCCCCc2[nH]c(N)nc2-c2ccc(-c3ccccc3)cc2)nn1. The molecule has 0 unspecified atom stereocenters. The summed E-state index contributed by atoms with van der Waals surface area (Å²) in [5, 5.41) is 8.69. The lowest BCUT2D eigenvalue weighted by atomic mass is 10.0. The second-order valence-electron chi connectivity index (χ2n) is 9.76. The van der Waals surface area contributed by atoms with Crippen LogP contribution in [0.2, 0.25) is 0 Å². The lowest BCUT2D eigenvalue weighted by Gasteiger charge is -2.06. The van der Waals surface area contributed by atoms with E-state index in [2.05, 4.69) is 112 Å². The minimum atomic E-state index is 0.468. The van der Waals surface area contributed by atoms with E-state index in [4.69, 9.17) is 5.73 Å². The van der Waals surface area contributed by atoms with Crippen LogP contribution in [0.5, 0.6) is 0 Å². The van der Waals surface area contributed by atoms with Crippen molar-refractivity contribution in [3.8, 4) is 22.4 Å². The molecule has 2 aromatic heterocycles. The van der Waals surface area contributed by atoms with Gasteiger partial charge in [-0.1, -0.05) is 108 Å². The summed E-state index contributed by atoms with van der Waals surface area (Å²) in [5.74, 6) is 0.468. The number of rotatable bonds is 11. The van der Waals surface area contributed by atoms with E-state index in [9.17, 15) is 0 Å². The van der Waals surface area contributed by atoms with Crippen molar-refractivity contribution in [1.29, 1.82) is 0 Å². The Morgan fingerprint density at radius 1 is 0.816 bits per heavy atom. The van der Waals surface area contributed by atoms with Crippen molar-refractivity contribution in [2.24, 2.45) is 0 Å². The molecule has 0 spiro atoms. The van der Waals surface area contributed by atoms with Crippen molar-refractivity contribution in [2.75, 3.05) is 5.73 Å². The van der Waals surface area contributed by atoms with E-state index < -0.39 is 0 Å². The number of allylic oxidation sites excluding steroid dienone is 1. The summed E-state index contributed by atoms with van der Waals surface area (Å²) in [6.07, 6.45) is 9.33. The summed E-state index contributed by atoms with van der Waals surface area (Å²) in [4.78, 5) is 7.85. The molecule has 3 aromatic carbocycles. The van der Waals surface area contributed by atoms with Gasteiger partial charge in [0.05, 0.1) is 17.9 Å². The molecule has 6 heteroatoms. The van der Waals surface area contributed by atoms with Crippen LogP contribution in [0.15, 0.2) is 96.7 Å². The van der Waals surface area contributed by atoms with Crippen LogP contribution < -0.4 is 5.73 Å². The van der Waals surface area contributed by atoms with Crippen molar-refractivity contribution in [2.45, 2.75) is 45.6 Å². The first kappa shape index (κ1) is 25.2. The number of H-pyrrole nitrogens is 1. The molecular formula is C32H34N6. The fraction of sp³-hybridized carbons (Fsp3) is 0.219. The molecule has 38 heavy (non-hydrogen) atoms. The molecule has 0 aliphatic rings. The van der Waals surface area contributed by atoms with Gasteiger partial charge in [0.1, 0.15) is 0 Å². The molecule has 5 aromatic rings. The standard InChI is InChI=1S/C32H34N6/c1-24(21-25-11-5-2-6-12-25)22-38-23-29(36-37-38)15-9-4-10-16-30-31(35-32(33)34-30)28-19-17-27(18-20-28)26-13-7-3-8-14-26/h2-3,5-8,11-14,17-21,23H,4,9-10,15-16,22H2,1H3,(H3,33,34,35)/b24-21-. The summed E-state index contributed by atoms with van der Waals surface area (Å²) in [5.41, 5.74) is 15.1. The number of benzene rings is 3. The van der Waals surface area contributed by atoms with Crippen LogP contribution in [-0.2, 0) is 19.4 Å². The minimum Gasteiger partial charge on any atom is -0.369 e. The lowest BCUT2D eigenvalue weighted by Crippen LogP contribution is -1.99. The summed E-state index contributed by atoms with van der Waals surface area (Å²) in [7, 11) is 0. The van der Waals surface area contributed by atoms with Crippen molar-refractivity contribution < 1.29 is 0 Å². The van der Waals surface area contributed by atoms with Gasteiger partial charge in [-0.05, 0) is 49.3 Å². The zero-order chi connectivity index (χ0) is 26.2. The van der Waals surface area contributed by atoms with Gasteiger partial charge >= 0.3 is 0 Å². The lowest BCUT2D eigenvalue weighted by molar-refractivity contribution is 0.642. The normalized spacial score (nSPS) is 11.7. The van der Waals surface area contributed by atoms with Gasteiger partial charge in [-0.3, -0.25) is 0 Å².